The highest BCUT2D eigenvalue weighted by atomic mass is 16.2. The van der Waals surface area contributed by atoms with Gasteiger partial charge in [0.2, 0.25) is 5.91 Å². The minimum Gasteiger partial charge on any atom is -0.324 e. The molecule has 92 valence electrons. The van der Waals surface area contributed by atoms with Gasteiger partial charge in [0, 0.05) is 5.92 Å². The number of carbonyl (C=O) groups excluding carboxylic acids is 1. The number of para-hydroxylation sites is 2. The predicted molar refractivity (Wildman–Crippen MR) is 67.3 cm³/mol. The van der Waals surface area contributed by atoms with E-state index in [4.69, 9.17) is 0 Å². The number of aromatic nitrogens is 3. The summed E-state index contributed by atoms with van der Waals surface area (Å²) >= 11 is 0. The van der Waals surface area contributed by atoms with Gasteiger partial charge in [0.1, 0.15) is 12.7 Å². The molecule has 1 aromatic carbocycles. The fourth-order valence-electron chi connectivity index (χ4n) is 2.02. The largest absolute Gasteiger partial charge is 0.324 e. The van der Waals surface area contributed by atoms with Gasteiger partial charge < -0.3 is 5.32 Å². The maximum Gasteiger partial charge on any atom is 0.227 e. The molecule has 0 bridgehead atoms. The molecule has 0 radical (unpaired) electrons. The number of nitrogens with zero attached hydrogens (tertiary/aromatic N) is 3. The van der Waals surface area contributed by atoms with Crippen LogP contribution >= 0.6 is 0 Å². The molecule has 1 aromatic heterocycles. The normalized spacial score (nSPS) is 21.6. The number of rotatable bonds is 3. The first-order valence-corrected chi connectivity index (χ1v) is 6.00. The van der Waals surface area contributed by atoms with Gasteiger partial charge in [-0.25, -0.2) is 9.67 Å². The third-order valence-electron chi connectivity index (χ3n) is 3.27. The molecule has 1 amide bonds. The lowest BCUT2D eigenvalue weighted by Crippen LogP contribution is -2.16. The highest BCUT2D eigenvalue weighted by Gasteiger charge is 2.39. The molecule has 2 atom stereocenters. The molecule has 0 aliphatic heterocycles. The van der Waals surface area contributed by atoms with Crippen LogP contribution in [0.4, 0.5) is 5.69 Å². The molecule has 2 unspecified atom stereocenters. The van der Waals surface area contributed by atoms with Crippen molar-refractivity contribution in [3.63, 3.8) is 0 Å². The van der Waals surface area contributed by atoms with Crippen LogP contribution in [0.5, 0.6) is 0 Å². The summed E-state index contributed by atoms with van der Waals surface area (Å²) in [6.45, 7) is 2.09. The summed E-state index contributed by atoms with van der Waals surface area (Å²) in [6, 6.07) is 7.58. The van der Waals surface area contributed by atoms with Crippen molar-refractivity contribution in [2.75, 3.05) is 5.32 Å². The second-order valence-electron chi connectivity index (χ2n) is 4.67. The van der Waals surface area contributed by atoms with Crippen molar-refractivity contribution in [3.8, 4) is 5.69 Å². The van der Waals surface area contributed by atoms with Crippen molar-refractivity contribution < 1.29 is 4.79 Å². The summed E-state index contributed by atoms with van der Waals surface area (Å²) in [5.74, 6) is 0.757. The highest BCUT2D eigenvalue weighted by molar-refractivity contribution is 5.96. The zero-order valence-corrected chi connectivity index (χ0v) is 10.1. The lowest BCUT2D eigenvalue weighted by molar-refractivity contribution is -0.117. The quantitative estimate of drug-likeness (QED) is 0.893. The summed E-state index contributed by atoms with van der Waals surface area (Å²) in [7, 11) is 0. The van der Waals surface area contributed by atoms with Crippen LogP contribution < -0.4 is 5.32 Å². The first-order valence-electron chi connectivity index (χ1n) is 6.00. The van der Waals surface area contributed by atoms with Gasteiger partial charge in [-0.1, -0.05) is 19.1 Å². The zero-order valence-electron chi connectivity index (χ0n) is 10.1. The lowest BCUT2D eigenvalue weighted by atomic mass is 10.2. The Morgan fingerprint density at radius 1 is 1.44 bits per heavy atom. The second kappa shape index (κ2) is 4.25. The molecule has 1 heterocycles. The Balaban J connectivity index is 1.86. The summed E-state index contributed by atoms with van der Waals surface area (Å²) in [4.78, 5) is 15.9. The van der Waals surface area contributed by atoms with E-state index in [2.05, 4.69) is 22.3 Å². The molecular weight excluding hydrogens is 228 g/mol. The Hall–Kier alpha value is -2.17. The van der Waals surface area contributed by atoms with Crippen LogP contribution in [0.3, 0.4) is 0 Å². The molecule has 5 heteroatoms. The zero-order chi connectivity index (χ0) is 12.5. The van der Waals surface area contributed by atoms with Gasteiger partial charge in [-0.2, -0.15) is 5.10 Å². The molecular formula is C13H14N4O. The molecule has 2 aromatic rings. The van der Waals surface area contributed by atoms with E-state index in [1.807, 2.05) is 24.3 Å². The fraction of sp³-hybridized carbons (Fsp3) is 0.308. The molecule has 1 saturated carbocycles. The first-order chi connectivity index (χ1) is 8.75. The summed E-state index contributed by atoms with van der Waals surface area (Å²) in [6.07, 6.45) is 4.07. The Labute approximate surface area is 105 Å². The van der Waals surface area contributed by atoms with Crippen LogP contribution in [0.15, 0.2) is 36.9 Å². The first kappa shape index (κ1) is 11.0. The third-order valence-corrected chi connectivity index (χ3v) is 3.27. The number of anilines is 1. The predicted octanol–water partition coefficient (Wildman–Crippen LogP) is 1.86. The van der Waals surface area contributed by atoms with Crippen molar-refractivity contribution in [3.05, 3.63) is 36.9 Å². The molecule has 1 fully saturated rings. The number of nitrogens with one attached hydrogen (secondary N) is 1. The van der Waals surface area contributed by atoms with Crippen LogP contribution in [0.2, 0.25) is 0 Å². The Morgan fingerprint density at radius 3 is 2.89 bits per heavy atom. The summed E-state index contributed by atoms with van der Waals surface area (Å²) in [5.41, 5.74) is 1.60. The highest BCUT2D eigenvalue weighted by Crippen LogP contribution is 2.38. The van der Waals surface area contributed by atoms with Gasteiger partial charge >= 0.3 is 0 Å². The van der Waals surface area contributed by atoms with E-state index in [1.165, 1.54) is 6.33 Å². The minimum absolute atomic E-state index is 0.0927. The van der Waals surface area contributed by atoms with Crippen molar-refractivity contribution in [1.29, 1.82) is 0 Å². The maximum absolute atomic E-state index is 12.0. The summed E-state index contributed by atoms with van der Waals surface area (Å²) < 4.78 is 1.64. The molecule has 1 N–H and O–H groups in total. The van der Waals surface area contributed by atoms with Gasteiger partial charge in [0.15, 0.2) is 0 Å². The van der Waals surface area contributed by atoms with E-state index in [1.54, 1.807) is 11.0 Å². The van der Waals surface area contributed by atoms with E-state index < -0.39 is 0 Å². The van der Waals surface area contributed by atoms with Gasteiger partial charge in [0.05, 0.1) is 11.4 Å². The number of hydrogen-bond acceptors (Lipinski definition) is 3. The van der Waals surface area contributed by atoms with Gasteiger partial charge in [-0.15, -0.1) is 0 Å². The van der Waals surface area contributed by atoms with Crippen LogP contribution in [0.1, 0.15) is 13.3 Å². The minimum atomic E-state index is 0.0927. The third kappa shape index (κ3) is 1.99. The summed E-state index contributed by atoms with van der Waals surface area (Å²) in [5, 5.41) is 7.05. The average molecular weight is 242 g/mol. The van der Waals surface area contributed by atoms with Crippen LogP contribution in [-0.2, 0) is 4.79 Å². The molecule has 0 spiro atoms. The van der Waals surface area contributed by atoms with E-state index in [9.17, 15) is 4.79 Å². The number of amides is 1. The van der Waals surface area contributed by atoms with E-state index >= 15 is 0 Å². The van der Waals surface area contributed by atoms with Crippen LogP contribution in [-0.4, -0.2) is 20.7 Å². The van der Waals surface area contributed by atoms with E-state index in [0.29, 0.717) is 5.92 Å². The Bertz CT molecular complexity index is 564. The van der Waals surface area contributed by atoms with Crippen molar-refractivity contribution in [1.82, 2.24) is 14.8 Å². The van der Waals surface area contributed by atoms with Gasteiger partial charge in [-0.3, -0.25) is 4.79 Å². The molecule has 5 nitrogen and oxygen atoms in total. The lowest BCUT2D eigenvalue weighted by Gasteiger charge is -2.10. The standard InChI is InChI=1S/C13H14N4O/c1-9-6-10(9)13(18)16-11-4-2-3-5-12(11)17-8-14-7-15-17/h2-5,7-10H,6H2,1H3,(H,16,18). The maximum atomic E-state index is 12.0. The number of hydrogen-bond donors (Lipinski definition) is 1. The van der Waals surface area contributed by atoms with Crippen molar-refractivity contribution in [2.24, 2.45) is 11.8 Å². The van der Waals surface area contributed by atoms with Crippen LogP contribution in [0, 0.1) is 11.8 Å². The average Bonchev–Trinajstić information content (AvgIpc) is 2.91. The fourth-order valence-corrected chi connectivity index (χ4v) is 2.02. The molecule has 3 rings (SSSR count). The van der Waals surface area contributed by atoms with Crippen molar-refractivity contribution >= 4 is 11.6 Å². The Morgan fingerprint density at radius 2 is 2.22 bits per heavy atom. The monoisotopic (exact) mass is 242 g/mol. The molecule has 1 aliphatic rings. The smallest absolute Gasteiger partial charge is 0.227 e. The van der Waals surface area contributed by atoms with E-state index in [-0.39, 0.29) is 11.8 Å². The van der Waals surface area contributed by atoms with Gasteiger partial charge in [-0.05, 0) is 24.5 Å². The SMILES string of the molecule is CC1CC1C(=O)Nc1ccccc1-n1cncn1. The Kier molecular flexibility index (Phi) is 2.59. The van der Waals surface area contributed by atoms with Gasteiger partial charge in [0.25, 0.3) is 0 Å². The van der Waals surface area contributed by atoms with E-state index in [0.717, 1.165) is 17.8 Å². The van der Waals surface area contributed by atoms with Crippen molar-refractivity contribution in [2.45, 2.75) is 13.3 Å². The topological polar surface area (TPSA) is 59.8 Å². The molecule has 1 aliphatic carbocycles. The molecule has 18 heavy (non-hydrogen) atoms. The number of benzene rings is 1. The molecule has 0 saturated heterocycles. The number of carbonyl (C=O) groups is 1. The van der Waals surface area contributed by atoms with Crippen LogP contribution in [0.25, 0.3) is 5.69 Å². The second-order valence-corrected chi connectivity index (χ2v) is 4.67.